The summed E-state index contributed by atoms with van der Waals surface area (Å²) in [6.07, 6.45) is 5.11. The van der Waals surface area contributed by atoms with E-state index in [0.717, 1.165) is 15.7 Å². The van der Waals surface area contributed by atoms with E-state index in [-0.39, 0.29) is 5.54 Å². The van der Waals surface area contributed by atoms with Crippen molar-refractivity contribution in [2.75, 3.05) is 5.32 Å². The normalized spacial score (nSPS) is 18.0. The Hall–Kier alpha value is -0.610. The van der Waals surface area contributed by atoms with Crippen LogP contribution in [0.25, 0.3) is 0 Å². The highest BCUT2D eigenvalue weighted by atomic mass is 79.9. The first kappa shape index (κ1) is 12.8. The lowest BCUT2D eigenvalue weighted by Crippen LogP contribution is -2.30. The molecule has 1 saturated carbocycles. The molecule has 0 spiro atoms. The number of nitrogens with one attached hydrogen (secondary N) is 1. The molecule has 0 heterocycles. The molecule has 0 aliphatic heterocycles. The lowest BCUT2D eigenvalue weighted by molar-refractivity contribution is 0.533. The summed E-state index contributed by atoms with van der Waals surface area (Å²) >= 11 is 8.49. The molecule has 17 heavy (non-hydrogen) atoms. The number of nitrogens with two attached hydrogens (primary N) is 1. The Balaban J connectivity index is 2.17. The Kier molecular flexibility index (Phi) is 3.73. The number of halogens is 1. The van der Waals surface area contributed by atoms with E-state index in [1.807, 2.05) is 12.1 Å². The minimum absolute atomic E-state index is 0.240. The summed E-state index contributed by atoms with van der Waals surface area (Å²) in [6, 6.07) is 6.06. The van der Waals surface area contributed by atoms with Gasteiger partial charge in [0.2, 0.25) is 0 Å². The first-order chi connectivity index (χ1) is 8.00. The van der Waals surface area contributed by atoms with Crippen molar-refractivity contribution >= 4 is 38.8 Å². The second-order valence-corrected chi connectivity index (χ2v) is 6.25. The zero-order valence-corrected chi connectivity index (χ0v) is 12.3. The molecule has 92 valence electrons. The minimum Gasteiger partial charge on any atom is -0.389 e. The van der Waals surface area contributed by atoms with Crippen molar-refractivity contribution in [3.8, 4) is 0 Å². The monoisotopic (exact) mass is 312 g/mol. The van der Waals surface area contributed by atoms with Crippen LogP contribution in [0.3, 0.4) is 0 Å². The van der Waals surface area contributed by atoms with Crippen molar-refractivity contribution in [2.24, 2.45) is 5.73 Å². The van der Waals surface area contributed by atoms with Crippen LogP contribution in [-0.2, 0) is 0 Å². The molecule has 2 rings (SSSR count). The van der Waals surface area contributed by atoms with Gasteiger partial charge in [-0.3, -0.25) is 0 Å². The van der Waals surface area contributed by atoms with Crippen LogP contribution < -0.4 is 11.1 Å². The van der Waals surface area contributed by atoms with Gasteiger partial charge in [-0.25, -0.2) is 0 Å². The van der Waals surface area contributed by atoms with Crippen LogP contribution in [0.4, 0.5) is 5.69 Å². The fourth-order valence-electron chi connectivity index (χ4n) is 2.42. The van der Waals surface area contributed by atoms with Gasteiger partial charge in [0.25, 0.3) is 0 Å². The number of thiocarbonyl (C=S) groups is 1. The standard InChI is InChI=1S/C13H17BrN2S/c1-13(6-2-3-7-13)16-9-4-5-10(12(15)17)11(14)8-9/h4-5,8,16H,2-3,6-7H2,1H3,(H2,15,17). The molecule has 3 N–H and O–H groups in total. The molecular weight excluding hydrogens is 296 g/mol. The van der Waals surface area contributed by atoms with E-state index in [2.05, 4.69) is 34.2 Å². The predicted octanol–water partition coefficient (Wildman–Crippen LogP) is 3.83. The average molecular weight is 313 g/mol. The van der Waals surface area contributed by atoms with Crippen molar-refractivity contribution < 1.29 is 0 Å². The maximum absolute atomic E-state index is 5.64. The molecule has 1 aliphatic carbocycles. The maximum atomic E-state index is 5.64. The third-order valence-corrected chi connectivity index (χ3v) is 4.26. The molecule has 1 aromatic carbocycles. The zero-order chi connectivity index (χ0) is 12.5. The van der Waals surface area contributed by atoms with E-state index in [9.17, 15) is 0 Å². The second-order valence-electron chi connectivity index (χ2n) is 4.95. The van der Waals surface area contributed by atoms with E-state index in [0.29, 0.717) is 4.99 Å². The molecule has 2 nitrogen and oxygen atoms in total. The summed E-state index contributed by atoms with van der Waals surface area (Å²) in [5, 5.41) is 3.61. The van der Waals surface area contributed by atoms with E-state index in [1.54, 1.807) is 0 Å². The van der Waals surface area contributed by atoms with E-state index < -0.39 is 0 Å². The average Bonchev–Trinajstić information content (AvgIpc) is 2.64. The zero-order valence-electron chi connectivity index (χ0n) is 9.92. The highest BCUT2D eigenvalue weighted by Gasteiger charge is 2.28. The van der Waals surface area contributed by atoms with Crippen LogP contribution >= 0.6 is 28.1 Å². The smallest absolute Gasteiger partial charge is 0.105 e. The number of rotatable bonds is 3. The molecule has 4 heteroatoms. The molecule has 0 saturated heterocycles. The van der Waals surface area contributed by atoms with Gasteiger partial charge >= 0.3 is 0 Å². The van der Waals surface area contributed by atoms with Crippen LogP contribution in [0.15, 0.2) is 22.7 Å². The largest absolute Gasteiger partial charge is 0.389 e. The van der Waals surface area contributed by atoms with E-state index in [4.69, 9.17) is 18.0 Å². The quantitative estimate of drug-likeness (QED) is 0.833. The summed E-state index contributed by atoms with van der Waals surface area (Å²) in [6.45, 7) is 2.29. The Morgan fingerprint density at radius 2 is 2.06 bits per heavy atom. The van der Waals surface area contributed by atoms with Crippen LogP contribution in [0.5, 0.6) is 0 Å². The van der Waals surface area contributed by atoms with Crippen molar-refractivity contribution in [2.45, 2.75) is 38.1 Å². The van der Waals surface area contributed by atoms with Crippen molar-refractivity contribution in [1.29, 1.82) is 0 Å². The molecule has 0 aromatic heterocycles. The van der Waals surface area contributed by atoms with E-state index in [1.165, 1.54) is 25.7 Å². The van der Waals surface area contributed by atoms with Gasteiger partial charge < -0.3 is 11.1 Å². The molecule has 0 radical (unpaired) electrons. The molecule has 0 bridgehead atoms. The van der Waals surface area contributed by atoms with Crippen molar-refractivity contribution in [1.82, 2.24) is 0 Å². The minimum atomic E-state index is 0.240. The number of benzene rings is 1. The van der Waals surface area contributed by atoms with Crippen LogP contribution in [-0.4, -0.2) is 10.5 Å². The van der Waals surface area contributed by atoms with E-state index >= 15 is 0 Å². The van der Waals surface area contributed by atoms with Crippen LogP contribution in [0.1, 0.15) is 38.2 Å². The summed E-state index contributed by atoms with van der Waals surface area (Å²) < 4.78 is 0.955. The molecule has 1 aromatic rings. The molecule has 0 amide bonds. The molecule has 0 atom stereocenters. The van der Waals surface area contributed by atoms with Gasteiger partial charge in [0.15, 0.2) is 0 Å². The summed E-state index contributed by atoms with van der Waals surface area (Å²) in [5.74, 6) is 0. The Morgan fingerprint density at radius 1 is 1.41 bits per heavy atom. The molecule has 1 aliphatic rings. The Bertz CT molecular complexity index is 439. The summed E-state index contributed by atoms with van der Waals surface area (Å²) in [5.41, 5.74) is 7.89. The van der Waals surface area contributed by atoms with Gasteiger partial charge in [-0.1, -0.05) is 25.1 Å². The first-order valence-corrected chi connectivity index (χ1v) is 7.08. The van der Waals surface area contributed by atoms with Gasteiger partial charge in [0, 0.05) is 21.3 Å². The molecule has 1 fully saturated rings. The van der Waals surface area contributed by atoms with Gasteiger partial charge in [-0.15, -0.1) is 0 Å². The first-order valence-electron chi connectivity index (χ1n) is 5.88. The third-order valence-electron chi connectivity index (χ3n) is 3.39. The SMILES string of the molecule is CC1(Nc2ccc(C(N)=S)c(Br)c2)CCCC1. The highest BCUT2D eigenvalue weighted by molar-refractivity contribution is 9.10. The van der Waals surface area contributed by atoms with Crippen LogP contribution in [0.2, 0.25) is 0 Å². The van der Waals surface area contributed by atoms with Gasteiger partial charge in [-0.2, -0.15) is 0 Å². The van der Waals surface area contributed by atoms with Crippen molar-refractivity contribution in [3.63, 3.8) is 0 Å². The van der Waals surface area contributed by atoms with Gasteiger partial charge in [-0.05, 0) is 53.9 Å². The topological polar surface area (TPSA) is 38.0 Å². The predicted molar refractivity (Wildman–Crippen MR) is 80.5 cm³/mol. The lowest BCUT2D eigenvalue weighted by atomic mass is 10.00. The summed E-state index contributed by atoms with van der Waals surface area (Å²) in [4.78, 5) is 0.426. The second kappa shape index (κ2) is 4.94. The fraction of sp³-hybridized carbons (Fsp3) is 0.462. The van der Waals surface area contributed by atoms with Crippen LogP contribution in [0, 0.1) is 0 Å². The Labute approximate surface area is 116 Å². The van der Waals surface area contributed by atoms with Gasteiger partial charge in [0.05, 0.1) is 0 Å². The van der Waals surface area contributed by atoms with Gasteiger partial charge in [0.1, 0.15) is 4.99 Å². The fourth-order valence-corrected chi connectivity index (χ4v) is 3.32. The third kappa shape index (κ3) is 2.99. The number of hydrogen-bond donors (Lipinski definition) is 2. The highest BCUT2D eigenvalue weighted by Crippen LogP contribution is 2.33. The molecule has 0 unspecified atom stereocenters. The number of anilines is 1. The Morgan fingerprint density at radius 3 is 2.59 bits per heavy atom. The number of hydrogen-bond acceptors (Lipinski definition) is 2. The maximum Gasteiger partial charge on any atom is 0.105 e. The lowest BCUT2D eigenvalue weighted by Gasteiger charge is -2.27. The summed E-state index contributed by atoms with van der Waals surface area (Å²) in [7, 11) is 0. The molecular formula is C13H17BrN2S. The van der Waals surface area contributed by atoms with Crippen molar-refractivity contribution in [3.05, 3.63) is 28.2 Å².